The third-order valence-electron chi connectivity index (χ3n) is 4.17. The minimum Gasteiger partial charge on any atom is -0.481 e. The molecule has 0 spiro atoms. The van der Waals surface area contributed by atoms with E-state index in [2.05, 4.69) is 20.3 Å². The predicted molar refractivity (Wildman–Crippen MR) is 99.1 cm³/mol. The lowest BCUT2D eigenvalue weighted by Gasteiger charge is -2.04. The number of nitrogens with one attached hydrogen (secondary N) is 1. The van der Waals surface area contributed by atoms with Gasteiger partial charge in [0.2, 0.25) is 5.88 Å². The monoisotopic (exact) mass is 377 g/mol. The Morgan fingerprint density at radius 1 is 1.21 bits per heavy atom. The molecule has 4 heterocycles. The lowest BCUT2D eigenvalue weighted by molar-refractivity contribution is -0.668. The molecule has 0 saturated heterocycles. The van der Waals surface area contributed by atoms with Crippen LogP contribution >= 0.6 is 0 Å². The highest BCUT2D eigenvalue weighted by molar-refractivity contribution is 6.04. The highest BCUT2D eigenvalue weighted by Gasteiger charge is 2.31. The minimum atomic E-state index is -0.498. The molecule has 4 rings (SSSR count). The molecule has 1 amide bonds. The summed E-state index contributed by atoms with van der Waals surface area (Å²) in [5.74, 6) is 0.0248. The summed E-state index contributed by atoms with van der Waals surface area (Å²) in [7, 11) is 1.50. The van der Waals surface area contributed by atoms with Crippen LogP contribution in [0.3, 0.4) is 0 Å². The maximum absolute atomic E-state index is 12.9. The molecule has 4 aromatic heterocycles. The number of hydrogen-bond donors (Lipinski definition) is 2. The summed E-state index contributed by atoms with van der Waals surface area (Å²) >= 11 is 0. The zero-order valence-electron chi connectivity index (χ0n) is 15.0. The van der Waals surface area contributed by atoms with Crippen LogP contribution in [0.2, 0.25) is 0 Å². The molecule has 0 saturated carbocycles. The second-order valence-electron chi connectivity index (χ2n) is 5.95. The van der Waals surface area contributed by atoms with Crippen molar-refractivity contribution in [2.45, 2.75) is 6.54 Å². The first-order chi connectivity index (χ1) is 13.7. The summed E-state index contributed by atoms with van der Waals surface area (Å²) in [5, 5.41) is 13.5. The molecule has 9 nitrogen and oxygen atoms in total. The van der Waals surface area contributed by atoms with Crippen LogP contribution in [-0.4, -0.2) is 37.5 Å². The summed E-state index contributed by atoms with van der Waals surface area (Å²) in [4.78, 5) is 25.1. The molecule has 0 aliphatic carbocycles. The number of pyridine rings is 2. The fourth-order valence-corrected chi connectivity index (χ4v) is 2.92. The summed E-state index contributed by atoms with van der Waals surface area (Å²) in [6.07, 6.45) is 6.46. The van der Waals surface area contributed by atoms with Crippen LogP contribution in [0.5, 0.6) is 11.8 Å². The van der Waals surface area contributed by atoms with E-state index in [0.717, 1.165) is 5.56 Å². The van der Waals surface area contributed by atoms with E-state index in [1.165, 1.54) is 13.4 Å². The molecule has 0 unspecified atom stereocenters. The number of hydrogen-bond acceptors (Lipinski definition) is 6. The van der Waals surface area contributed by atoms with Gasteiger partial charge in [0, 0.05) is 30.1 Å². The first kappa shape index (κ1) is 17.4. The number of carbonyl (C=O) groups is 1. The summed E-state index contributed by atoms with van der Waals surface area (Å²) in [6, 6.07) is 10.5. The lowest BCUT2D eigenvalue weighted by atomic mass is 10.3. The quantitative estimate of drug-likeness (QED) is 0.510. The van der Waals surface area contributed by atoms with Crippen molar-refractivity contribution in [3.05, 3.63) is 72.6 Å². The number of aromatic hydroxyl groups is 1. The molecule has 0 atom stereocenters. The van der Waals surface area contributed by atoms with Gasteiger partial charge in [0.05, 0.1) is 13.3 Å². The van der Waals surface area contributed by atoms with Gasteiger partial charge in [0.15, 0.2) is 0 Å². The highest BCUT2D eigenvalue weighted by atomic mass is 16.5. The van der Waals surface area contributed by atoms with E-state index in [0.29, 0.717) is 23.9 Å². The van der Waals surface area contributed by atoms with Crippen molar-refractivity contribution in [1.29, 1.82) is 0 Å². The van der Waals surface area contributed by atoms with Crippen LogP contribution < -0.4 is 14.6 Å². The van der Waals surface area contributed by atoms with Crippen molar-refractivity contribution in [1.82, 2.24) is 19.4 Å². The first-order valence-electron chi connectivity index (χ1n) is 8.45. The number of anilines is 1. The number of fused-ring (bicyclic) bond motifs is 1. The number of nitrogens with zero attached hydrogens (tertiary/aromatic N) is 5. The average Bonchev–Trinajstić information content (AvgIpc) is 3.00. The van der Waals surface area contributed by atoms with Gasteiger partial charge in [-0.1, -0.05) is 12.1 Å². The molecular weight excluding hydrogens is 360 g/mol. The molecule has 28 heavy (non-hydrogen) atoms. The average molecular weight is 377 g/mol. The Kier molecular flexibility index (Phi) is 4.55. The van der Waals surface area contributed by atoms with E-state index < -0.39 is 5.91 Å². The Labute approximate surface area is 159 Å². The van der Waals surface area contributed by atoms with E-state index in [-0.39, 0.29) is 11.6 Å². The van der Waals surface area contributed by atoms with Crippen molar-refractivity contribution < 1.29 is 19.2 Å². The Morgan fingerprint density at radius 2 is 2.04 bits per heavy atom. The van der Waals surface area contributed by atoms with Crippen LogP contribution in [0, 0.1) is 0 Å². The summed E-state index contributed by atoms with van der Waals surface area (Å²) < 4.78 is 8.31. The molecule has 0 aliphatic rings. The Bertz CT molecular complexity index is 1140. The van der Waals surface area contributed by atoms with E-state index >= 15 is 0 Å². The van der Waals surface area contributed by atoms with Gasteiger partial charge in [-0.05, 0) is 12.1 Å². The Morgan fingerprint density at radius 3 is 2.82 bits per heavy atom. The van der Waals surface area contributed by atoms with Crippen molar-refractivity contribution in [2.24, 2.45) is 0 Å². The summed E-state index contributed by atoms with van der Waals surface area (Å²) in [6.45, 7) is 0.310. The maximum atomic E-state index is 12.9. The number of imidazole rings is 1. The van der Waals surface area contributed by atoms with Gasteiger partial charge in [-0.2, -0.15) is 14.0 Å². The van der Waals surface area contributed by atoms with Gasteiger partial charge in [0.25, 0.3) is 11.3 Å². The van der Waals surface area contributed by atoms with Gasteiger partial charge >= 0.3 is 11.8 Å². The zero-order chi connectivity index (χ0) is 19.5. The third kappa shape index (κ3) is 3.20. The fourth-order valence-electron chi connectivity index (χ4n) is 2.92. The number of carbonyl (C=O) groups excluding carboxylic acids is 1. The molecule has 0 radical (unpaired) electrons. The van der Waals surface area contributed by atoms with Crippen molar-refractivity contribution in [2.75, 3.05) is 12.4 Å². The molecule has 2 N–H and O–H groups in total. The van der Waals surface area contributed by atoms with Gasteiger partial charge in [-0.25, -0.2) is 9.97 Å². The smallest absolute Gasteiger partial charge is 0.337 e. The van der Waals surface area contributed by atoms with Crippen LogP contribution in [0.1, 0.15) is 16.1 Å². The highest BCUT2D eigenvalue weighted by Crippen LogP contribution is 2.19. The standard InChI is InChI=1S/C19H16N6O3/c1-28-15-6-4-5-14(22-15)23-18(26)17-19(27)25(11-13-9-20-12-21-10-13)16-7-2-3-8-24(16)17/h2-10,12H,11H2,1H3,(H-,22,23,26,27)/p+1. The van der Waals surface area contributed by atoms with Crippen molar-refractivity contribution >= 4 is 17.4 Å². The second kappa shape index (κ2) is 7.31. The molecule has 0 fully saturated rings. The number of ether oxygens (including phenoxy) is 1. The van der Waals surface area contributed by atoms with Gasteiger partial charge < -0.3 is 15.2 Å². The molecule has 0 aromatic carbocycles. The largest absolute Gasteiger partial charge is 0.481 e. The molecule has 140 valence electrons. The number of rotatable bonds is 5. The van der Waals surface area contributed by atoms with E-state index in [1.54, 1.807) is 51.8 Å². The number of methoxy groups -OCH3 is 1. The van der Waals surface area contributed by atoms with Crippen LogP contribution in [0.25, 0.3) is 5.65 Å². The molecule has 9 heteroatoms. The molecular formula is C19H17N6O3+. The molecule has 0 aliphatic heterocycles. The zero-order valence-corrected chi connectivity index (χ0v) is 15.0. The van der Waals surface area contributed by atoms with Crippen molar-refractivity contribution in [3.63, 3.8) is 0 Å². The summed E-state index contributed by atoms with van der Waals surface area (Å²) in [5.41, 5.74) is 1.53. The van der Waals surface area contributed by atoms with E-state index in [9.17, 15) is 9.90 Å². The molecule has 4 aromatic rings. The molecule has 0 bridgehead atoms. The number of aromatic nitrogens is 5. The normalized spacial score (nSPS) is 10.8. The third-order valence-corrected chi connectivity index (χ3v) is 4.17. The first-order valence-corrected chi connectivity index (χ1v) is 8.45. The van der Waals surface area contributed by atoms with E-state index in [4.69, 9.17) is 4.74 Å². The van der Waals surface area contributed by atoms with Crippen molar-refractivity contribution in [3.8, 4) is 11.8 Å². The second-order valence-corrected chi connectivity index (χ2v) is 5.95. The number of amides is 1. The van der Waals surface area contributed by atoms with Crippen LogP contribution in [0.15, 0.2) is 61.3 Å². The predicted octanol–water partition coefficient (Wildman–Crippen LogP) is 1.43. The van der Waals surface area contributed by atoms with Crippen LogP contribution in [0.4, 0.5) is 5.82 Å². The maximum Gasteiger partial charge on any atom is 0.337 e. The Hall–Kier alpha value is -4.01. The SMILES string of the molecule is COc1cccc(NC(=O)c2c(O)[n+](Cc3cncnc3)c3ccccn23)n1. The Balaban J connectivity index is 1.74. The minimum absolute atomic E-state index is 0.0945. The van der Waals surface area contributed by atoms with Gasteiger partial charge in [-0.15, -0.1) is 0 Å². The van der Waals surface area contributed by atoms with Crippen LogP contribution in [-0.2, 0) is 6.54 Å². The van der Waals surface area contributed by atoms with E-state index in [1.807, 2.05) is 12.1 Å². The topological polar surface area (TPSA) is 106 Å². The fraction of sp³-hybridized carbons (Fsp3) is 0.105. The lowest BCUT2D eigenvalue weighted by Crippen LogP contribution is -2.33. The van der Waals surface area contributed by atoms with Gasteiger partial charge in [0.1, 0.15) is 18.7 Å². The van der Waals surface area contributed by atoms with Gasteiger partial charge in [-0.3, -0.25) is 4.79 Å².